The van der Waals surface area contributed by atoms with E-state index in [1.165, 1.54) is 50.8 Å². The van der Waals surface area contributed by atoms with Gasteiger partial charge in [-0.05, 0) is 18.8 Å². The summed E-state index contributed by atoms with van der Waals surface area (Å²) in [4.78, 5) is 0. The zero-order valence-electron chi connectivity index (χ0n) is 11.3. The van der Waals surface area contributed by atoms with Gasteiger partial charge in [-0.2, -0.15) is 11.8 Å². The molecule has 0 amide bonds. The molecule has 2 heteroatoms. The summed E-state index contributed by atoms with van der Waals surface area (Å²) in [5.41, 5.74) is 0. The molecule has 1 saturated carbocycles. The van der Waals surface area contributed by atoms with Gasteiger partial charge in [0.1, 0.15) is 0 Å². The van der Waals surface area contributed by atoms with E-state index in [4.69, 9.17) is 0 Å². The van der Waals surface area contributed by atoms with Gasteiger partial charge >= 0.3 is 0 Å². The molecule has 1 nitrogen and oxygen atoms in total. The van der Waals surface area contributed by atoms with Crippen LogP contribution in [0.25, 0.3) is 0 Å². The SMILES string of the molecule is CC(C)C(C)SCCNC1CCCCCC1. The van der Waals surface area contributed by atoms with E-state index in [1.54, 1.807) is 0 Å². The zero-order chi connectivity index (χ0) is 11.8. The standard InChI is InChI=1S/C14H29NS/c1-12(2)13(3)16-11-10-15-14-8-6-4-5-7-9-14/h12-15H,4-11H2,1-3H3. The average molecular weight is 243 g/mol. The van der Waals surface area contributed by atoms with Gasteiger partial charge in [-0.3, -0.25) is 0 Å². The lowest BCUT2D eigenvalue weighted by molar-refractivity contribution is 0.474. The highest BCUT2D eigenvalue weighted by molar-refractivity contribution is 7.99. The molecule has 0 radical (unpaired) electrons. The van der Waals surface area contributed by atoms with Crippen molar-refractivity contribution in [2.75, 3.05) is 12.3 Å². The van der Waals surface area contributed by atoms with Gasteiger partial charge in [-0.1, -0.05) is 46.5 Å². The molecule has 1 fully saturated rings. The molecule has 16 heavy (non-hydrogen) atoms. The van der Waals surface area contributed by atoms with E-state index < -0.39 is 0 Å². The third kappa shape index (κ3) is 6.15. The second-order valence-corrected chi connectivity index (χ2v) is 6.95. The normalized spacial score (nSPS) is 21.0. The molecule has 0 spiro atoms. The summed E-state index contributed by atoms with van der Waals surface area (Å²) in [6, 6.07) is 0.817. The van der Waals surface area contributed by atoms with E-state index in [0.29, 0.717) is 0 Å². The van der Waals surface area contributed by atoms with Crippen molar-refractivity contribution < 1.29 is 0 Å². The highest BCUT2D eigenvalue weighted by Crippen LogP contribution is 2.19. The fourth-order valence-corrected chi connectivity index (χ4v) is 3.18. The second-order valence-electron chi connectivity index (χ2n) is 5.46. The van der Waals surface area contributed by atoms with Crippen LogP contribution in [0.1, 0.15) is 59.3 Å². The van der Waals surface area contributed by atoms with Gasteiger partial charge in [-0.15, -0.1) is 0 Å². The molecule has 1 unspecified atom stereocenters. The minimum atomic E-state index is 0.802. The van der Waals surface area contributed by atoms with E-state index in [0.717, 1.165) is 17.2 Å². The van der Waals surface area contributed by atoms with Crippen molar-refractivity contribution in [1.82, 2.24) is 5.32 Å². The Bertz CT molecular complexity index is 162. The van der Waals surface area contributed by atoms with Crippen LogP contribution in [-0.2, 0) is 0 Å². The maximum atomic E-state index is 3.74. The number of nitrogens with one attached hydrogen (secondary N) is 1. The predicted octanol–water partition coefficient (Wildman–Crippen LogP) is 4.08. The summed E-state index contributed by atoms with van der Waals surface area (Å²) < 4.78 is 0. The van der Waals surface area contributed by atoms with Crippen molar-refractivity contribution in [3.05, 3.63) is 0 Å². The first-order valence-corrected chi connectivity index (χ1v) is 8.10. The molecule has 0 saturated heterocycles. The molecule has 0 aromatic rings. The third-order valence-corrected chi connectivity index (χ3v) is 5.22. The van der Waals surface area contributed by atoms with Crippen molar-refractivity contribution in [1.29, 1.82) is 0 Å². The van der Waals surface area contributed by atoms with Gasteiger partial charge in [-0.25, -0.2) is 0 Å². The zero-order valence-corrected chi connectivity index (χ0v) is 12.1. The lowest BCUT2D eigenvalue weighted by Crippen LogP contribution is -2.30. The van der Waals surface area contributed by atoms with Crippen LogP contribution in [-0.4, -0.2) is 23.6 Å². The first kappa shape index (κ1) is 14.4. The first-order chi connectivity index (χ1) is 7.70. The third-order valence-electron chi connectivity index (χ3n) is 3.71. The van der Waals surface area contributed by atoms with Crippen molar-refractivity contribution >= 4 is 11.8 Å². The summed E-state index contributed by atoms with van der Waals surface area (Å²) in [6.45, 7) is 8.18. The van der Waals surface area contributed by atoms with Crippen molar-refractivity contribution in [3.63, 3.8) is 0 Å². The Hall–Kier alpha value is 0.310. The molecule has 1 aliphatic rings. The lowest BCUT2D eigenvalue weighted by Gasteiger charge is -2.18. The largest absolute Gasteiger partial charge is 0.313 e. The van der Waals surface area contributed by atoms with Crippen molar-refractivity contribution in [2.45, 2.75) is 70.6 Å². The molecular weight excluding hydrogens is 214 g/mol. The Balaban J connectivity index is 2.01. The first-order valence-electron chi connectivity index (χ1n) is 7.05. The van der Waals surface area contributed by atoms with Crippen LogP contribution in [0.4, 0.5) is 0 Å². The van der Waals surface area contributed by atoms with Crippen LogP contribution in [0.3, 0.4) is 0 Å². The minimum Gasteiger partial charge on any atom is -0.313 e. The number of rotatable bonds is 6. The van der Waals surface area contributed by atoms with Gasteiger partial charge in [0.25, 0.3) is 0 Å². The van der Waals surface area contributed by atoms with Crippen LogP contribution in [0.5, 0.6) is 0 Å². The van der Waals surface area contributed by atoms with E-state index in [-0.39, 0.29) is 0 Å². The predicted molar refractivity (Wildman–Crippen MR) is 76.3 cm³/mol. The Kier molecular flexibility index (Phi) is 7.55. The quantitative estimate of drug-likeness (QED) is 0.557. The van der Waals surface area contributed by atoms with Gasteiger partial charge in [0.05, 0.1) is 0 Å². The second kappa shape index (κ2) is 8.41. The van der Waals surface area contributed by atoms with Gasteiger partial charge < -0.3 is 5.32 Å². The minimum absolute atomic E-state index is 0.802. The number of hydrogen-bond acceptors (Lipinski definition) is 2. The number of thioether (sulfide) groups is 1. The summed E-state index contributed by atoms with van der Waals surface area (Å²) in [7, 11) is 0. The van der Waals surface area contributed by atoms with E-state index in [1.807, 2.05) is 0 Å². The van der Waals surface area contributed by atoms with E-state index in [9.17, 15) is 0 Å². The topological polar surface area (TPSA) is 12.0 Å². The van der Waals surface area contributed by atoms with Crippen molar-refractivity contribution in [3.8, 4) is 0 Å². The molecule has 0 aliphatic heterocycles. The van der Waals surface area contributed by atoms with Crippen molar-refractivity contribution in [2.24, 2.45) is 5.92 Å². The van der Waals surface area contributed by atoms with E-state index in [2.05, 4.69) is 37.8 Å². The van der Waals surface area contributed by atoms with Gasteiger partial charge in [0.15, 0.2) is 0 Å². The highest BCUT2D eigenvalue weighted by Gasteiger charge is 2.11. The van der Waals surface area contributed by atoms with Crippen LogP contribution < -0.4 is 5.32 Å². The highest BCUT2D eigenvalue weighted by atomic mass is 32.2. The van der Waals surface area contributed by atoms with E-state index >= 15 is 0 Å². The van der Waals surface area contributed by atoms with Crippen LogP contribution >= 0.6 is 11.8 Å². The molecule has 0 aromatic heterocycles. The summed E-state index contributed by atoms with van der Waals surface area (Å²) in [6.07, 6.45) is 8.60. The molecule has 1 atom stereocenters. The summed E-state index contributed by atoms with van der Waals surface area (Å²) >= 11 is 2.12. The summed E-state index contributed by atoms with van der Waals surface area (Å²) in [5, 5.41) is 4.54. The van der Waals surface area contributed by atoms with Crippen LogP contribution in [0.15, 0.2) is 0 Å². The Labute approximate surface area is 106 Å². The Morgan fingerprint density at radius 2 is 1.69 bits per heavy atom. The molecule has 0 bridgehead atoms. The Morgan fingerprint density at radius 3 is 2.25 bits per heavy atom. The van der Waals surface area contributed by atoms with Gasteiger partial charge in [0, 0.05) is 23.6 Å². The average Bonchev–Trinajstić information content (AvgIpc) is 2.52. The van der Waals surface area contributed by atoms with Gasteiger partial charge in [0.2, 0.25) is 0 Å². The fourth-order valence-electron chi connectivity index (χ4n) is 2.18. The monoisotopic (exact) mass is 243 g/mol. The Morgan fingerprint density at radius 1 is 1.06 bits per heavy atom. The van der Waals surface area contributed by atoms with Crippen LogP contribution in [0, 0.1) is 5.92 Å². The molecule has 1 rings (SSSR count). The maximum absolute atomic E-state index is 3.74. The summed E-state index contributed by atoms with van der Waals surface area (Å²) in [5.74, 6) is 2.08. The maximum Gasteiger partial charge on any atom is 0.00673 e. The molecule has 1 aliphatic carbocycles. The molecular formula is C14H29NS. The molecule has 0 heterocycles. The molecule has 0 aromatic carbocycles. The smallest absolute Gasteiger partial charge is 0.00673 e. The molecule has 1 N–H and O–H groups in total. The van der Waals surface area contributed by atoms with Crippen LogP contribution in [0.2, 0.25) is 0 Å². The fraction of sp³-hybridized carbons (Fsp3) is 1.00. The lowest BCUT2D eigenvalue weighted by atomic mass is 10.1. The number of hydrogen-bond donors (Lipinski definition) is 1. The molecule has 96 valence electrons.